The molecule has 0 unspecified atom stereocenters. The van der Waals surface area contributed by atoms with Crippen LogP contribution in [0, 0.1) is 0 Å². The monoisotopic (exact) mass is 300 g/mol. The topological polar surface area (TPSA) is 57.5 Å². The molecule has 0 aliphatic carbocycles. The van der Waals surface area contributed by atoms with E-state index in [9.17, 15) is 4.79 Å². The van der Waals surface area contributed by atoms with Crippen molar-refractivity contribution >= 4 is 34.3 Å². The Morgan fingerprint density at radius 2 is 1.75 bits per heavy atom. The Labute approximate surface area is 85.0 Å². The third-order valence-electron chi connectivity index (χ3n) is 1.13. The van der Waals surface area contributed by atoms with Crippen LogP contribution >= 0.6 is 0 Å². The maximum absolute atomic E-state index is 10.3. The quantitative estimate of drug-likeness (QED) is 0.706. The van der Waals surface area contributed by atoms with Crippen molar-refractivity contribution in [1.29, 1.82) is 0 Å². The summed E-state index contributed by atoms with van der Waals surface area (Å²) >= 11 is 4.50. The van der Waals surface area contributed by atoms with Gasteiger partial charge in [-0.15, -0.1) is 0 Å². The van der Waals surface area contributed by atoms with Crippen molar-refractivity contribution in [3.8, 4) is 5.75 Å². The number of carboxylic acid groups (broad SMARTS) is 1. The van der Waals surface area contributed by atoms with Crippen molar-refractivity contribution in [1.82, 2.24) is 0 Å². The van der Waals surface area contributed by atoms with Gasteiger partial charge < -0.3 is 10.2 Å². The van der Waals surface area contributed by atoms with Crippen LogP contribution in [-0.4, -0.2) is 44.6 Å². The summed E-state index contributed by atoms with van der Waals surface area (Å²) in [6.07, 6.45) is 0. The molecular weight excluding hydrogens is 290 g/mol. The van der Waals surface area contributed by atoms with Crippen molar-refractivity contribution in [3.05, 3.63) is 29.8 Å². The molecule has 0 atom stereocenters. The van der Waals surface area contributed by atoms with Crippen molar-refractivity contribution in [2.45, 2.75) is 0 Å². The van der Waals surface area contributed by atoms with E-state index in [2.05, 4.69) is 28.4 Å². The van der Waals surface area contributed by atoms with Gasteiger partial charge in [-0.2, -0.15) is 0 Å². The van der Waals surface area contributed by atoms with E-state index in [4.69, 9.17) is 10.2 Å². The zero-order valence-electron chi connectivity index (χ0n) is 6.01. The molecule has 1 aromatic carbocycles. The Morgan fingerprint density at radius 1 is 1.25 bits per heavy atom. The first-order valence-electron chi connectivity index (χ1n) is 2.93. The van der Waals surface area contributed by atoms with Crippen molar-refractivity contribution < 1.29 is 15.0 Å². The Balaban J connectivity index is 0.000000561. The molecule has 0 fully saturated rings. The molecule has 0 heterocycles. The van der Waals surface area contributed by atoms with Gasteiger partial charge in [0.1, 0.15) is 11.3 Å². The first-order chi connectivity index (χ1) is 5.72. The van der Waals surface area contributed by atoms with Crippen LogP contribution in [0.25, 0.3) is 0 Å². The van der Waals surface area contributed by atoms with Crippen LogP contribution < -0.4 is 0 Å². The second-order valence-corrected chi connectivity index (χ2v) is 1.82. The Hall–Kier alpha value is -0.471. The van der Waals surface area contributed by atoms with Crippen LogP contribution in [0.15, 0.2) is 24.3 Å². The number of carbonyl (C=O) groups is 1. The molecule has 0 bridgehead atoms. The van der Waals surface area contributed by atoms with Gasteiger partial charge >= 0.3 is 34.3 Å². The summed E-state index contributed by atoms with van der Waals surface area (Å²) in [5, 5.41) is 17.3. The summed E-state index contributed by atoms with van der Waals surface area (Å²) in [6, 6.07) is 5.81. The summed E-state index contributed by atoms with van der Waals surface area (Å²) in [4.78, 5) is 10.3. The summed E-state index contributed by atoms with van der Waals surface area (Å²) < 4.78 is 0. The van der Waals surface area contributed by atoms with Crippen LogP contribution in [0.1, 0.15) is 10.4 Å². The molecular formula is C7H8O3Se2. The van der Waals surface area contributed by atoms with E-state index in [0.717, 1.165) is 0 Å². The number of hydrogen-bond donors (Lipinski definition) is 2. The van der Waals surface area contributed by atoms with E-state index >= 15 is 0 Å². The average Bonchev–Trinajstić information content (AvgIpc) is 2.08. The van der Waals surface area contributed by atoms with Crippen LogP contribution in [-0.2, 0) is 0 Å². The van der Waals surface area contributed by atoms with Gasteiger partial charge in [0, 0.05) is 0 Å². The number of hydrogen-bond acceptors (Lipinski definition) is 2. The normalized spacial score (nSPS) is 8.17. The molecule has 5 heteroatoms. The van der Waals surface area contributed by atoms with Gasteiger partial charge in [-0.25, -0.2) is 4.79 Å². The van der Waals surface area contributed by atoms with E-state index in [1.165, 1.54) is 12.1 Å². The number of phenols is 1. The third-order valence-corrected chi connectivity index (χ3v) is 1.13. The molecule has 0 aliphatic rings. The molecule has 0 aromatic heterocycles. The number of benzene rings is 1. The zero-order chi connectivity index (χ0) is 9.56. The molecule has 0 saturated carbocycles. The summed E-state index contributed by atoms with van der Waals surface area (Å²) in [5.74, 6) is -1.31. The van der Waals surface area contributed by atoms with Crippen LogP contribution in [0.2, 0.25) is 0 Å². The minimum atomic E-state index is -1.11. The van der Waals surface area contributed by atoms with Crippen molar-refractivity contribution in [2.75, 3.05) is 0 Å². The van der Waals surface area contributed by atoms with Gasteiger partial charge in [0.2, 0.25) is 0 Å². The first-order valence-corrected chi connectivity index (χ1v) is 8.13. The minimum absolute atomic E-state index is 0.0671. The molecule has 12 heavy (non-hydrogen) atoms. The summed E-state index contributed by atoms with van der Waals surface area (Å²) in [6.45, 7) is 0. The molecule has 0 saturated heterocycles. The van der Waals surface area contributed by atoms with E-state index in [0.29, 0.717) is 0 Å². The third kappa shape index (κ3) is 3.28. The van der Waals surface area contributed by atoms with Crippen LogP contribution in [0.4, 0.5) is 0 Å². The van der Waals surface area contributed by atoms with Crippen LogP contribution in [0.3, 0.4) is 0 Å². The average molecular weight is 298 g/mol. The molecule has 3 nitrogen and oxygen atoms in total. The molecule has 0 aliphatic heterocycles. The Bertz CT molecular complexity index is 263. The molecule has 1 aromatic rings. The van der Waals surface area contributed by atoms with E-state index in [1.54, 1.807) is 12.1 Å². The second kappa shape index (κ2) is 6.09. The van der Waals surface area contributed by atoms with Crippen LogP contribution in [0.5, 0.6) is 5.75 Å². The maximum atomic E-state index is 10.3. The Morgan fingerprint density at radius 3 is 2.08 bits per heavy atom. The van der Waals surface area contributed by atoms with E-state index < -0.39 is 5.97 Å². The fraction of sp³-hybridized carbons (Fsp3) is 0. The van der Waals surface area contributed by atoms with Gasteiger partial charge in [0.15, 0.2) is 0 Å². The molecule has 0 spiro atoms. The Kier molecular flexibility index (Phi) is 5.85. The van der Waals surface area contributed by atoms with E-state index in [1.807, 2.05) is 0 Å². The first kappa shape index (κ1) is 11.5. The number of carboxylic acids is 1. The standard InChI is InChI=1S/C7H6O3.H2Se2/c8-6-4-2-1-3-5(6)7(9)10;1-2/h1-4,8H,(H,9,10);1-2H. The van der Waals surface area contributed by atoms with Gasteiger partial charge in [-0.1, -0.05) is 12.1 Å². The molecule has 1 rings (SSSR count). The number of aromatic hydroxyl groups is 1. The van der Waals surface area contributed by atoms with Crippen molar-refractivity contribution in [2.24, 2.45) is 0 Å². The molecule has 2 N–H and O–H groups in total. The van der Waals surface area contributed by atoms with Gasteiger partial charge in [-0.05, 0) is 12.1 Å². The number of rotatable bonds is 1. The number of para-hydroxylation sites is 1. The fourth-order valence-corrected chi connectivity index (χ4v) is 0.654. The van der Waals surface area contributed by atoms with E-state index in [-0.39, 0.29) is 11.3 Å². The van der Waals surface area contributed by atoms with Gasteiger partial charge in [-0.3, -0.25) is 0 Å². The van der Waals surface area contributed by atoms with Gasteiger partial charge in [0.25, 0.3) is 0 Å². The predicted molar refractivity (Wildman–Crippen MR) is 49.4 cm³/mol. The molecule has 0 amide bonds. The second-order valence-electron chi connectivity index (χ2n) is 1.82. The predicted octanol–water partition coefficient (Wildman–Crippen LogP) is -0.207. The number of aromatic carboxylic acids is 1. The zero-order valence-corrected chi connectivity index (χ0v) is 9.76. The summed E-state index contributed by atoms with van der Waals surface area (Å²) in [7, 11) is 0. The summed E-state index contributed by atoms with van der Waals surface area (Å²) in [5.41, 5.74) is -0.0671. The fourth-order valence-electron chi connectivity index (χ4n) is 0.654. The SMILES string of the molecule is O=C(O)c1ccccc1O.[SeH][SeH]. The molecule has 0 radical (unpaired) electrons. The molecule has 66 valence electrons. The van der Waals surface area contributed by atoms with Crippen molar-refractivity contribution in [3.63, 3.8) is 0 Å². The van der Waals surface area contributed by atoms with Gasteiger partial charge in [0.05, 0.1) is 0 Å².